The first kappa shape index (κ1) is 14.3. The van der Waals surface area contributed by atoms with Gasteiger partial charge in [-0.25, -0.2) is 9.97 Å². The summed E-state index contributed by atoms with van der Waals surface area (Å²) in [5.74, 6) is 2.64. The Morgan fingerprint density at radius 2 is 2.00 bits per heavy atom. The zero-order valence-corrected chi connectivity index (χ0v) is 13.7. The lowest BCUT2D eigenvalue weighted by Crippen LogP contribution is -2.23. The molecular weight excluding hydrogens is 310 g/mol. The highest BCUT2D eigenvalue weighted by atomic mass is 32.1. The fourth-order valence-corrected chi connectivity index (χ4v) is 3.61. The first-order valence-electron chi connectivity index (χ1n) is 7.67. The maximum absolute atomic E-state index is 5.68. The summed E-state index contributed by atoms with van der Waals surface area (Å²) in [5.41, 5.74) is 2.18. The lowest BCUT2D eigenvalue weighted by Gasteiger charge is -2.24. The third-order valence-corrected chi connectivity index (χ3v) is 4.79. The molecule has 23 heavy (non-hydrogen) atoms. The van der Waals surface area contributed by atoms with E-state index in [0.717, 1.165) is 40.6 Å². The van der Waals surface area contributed by atoms with E-state index in [1.54, 1.807) is 17.7 Å². The van der Waals surface area contributed by atoms with Gasteiger partial charge in [0.05, 0.1) is 10.2 Å². The molecule has 1 aliphatic rings. The van der Waals surface area contributed by atoms with Crippen LogP contribution in [0.1, 0.15) is 12.5 Å². The molecule has 0 bridgehead atoms. The average molecular weight is 327 g/mol. The largest absolute Gasteiger partial charge is 0.486 e. The highest BCUT2D eigenvalue weighted by molar-refractivity contribution is 7.17. The van der Waals surface area contributed by atoms with Crippen LogP contribution in [0.2, 0.25) is 0 Å². The fourth-order valence-electron chi connectivity index (χ4n) is 2.74. The van der Waals surface area contributed by atoms with E-state index in [1.807, 2.05) is 12.1 Å². The summed E-state index contributed by atoms with van der Waals surface area (Å²) in [4.78, 5) is 11.1. The predicted molar refractivity (Wildman–Crippen MR) is 91.6 cm³/mol. The zero-order valence-electron chi connectivity index (χ0n) is 12.9. The number of fused-ring (bicyclic) bond motifs is 2. The van der Waals surface area contributed by atoms with Gasteiger partial charge < -0.3 is 14.4 Å². The van der Waals surface area contributed by atoms with E-state index in [0.29, 0.717) is 13.2 Å². The van der Waals surface area contributed by atoms with E-state index < -0.39 is 0 Å². The molecule has 1 aromatic carbocycles. The molecule has 118 valence electrons. The van der Waals surface area contributed by atoms with Crippen molar-refractivity contribution in [2.75, 3.05) is 24.7 Å². The number of aromatic nitrogens is 2. The van der Waals surface area contributed by atoms with Gasteiger partial charge in [0.2, 0.25) is 0 Å². The number of nitrogens with zero attached hydrogens (tertiary/aromatic N) is 3. The summed E-state index contributed by atoms with van der Waals surface area (Å²) in [6.45, 7) is 5.01. The Morgan fingerprint density at radius 1 is 1.13 bits per heavy atom. The summed E-state index contributed by atoms with van der Waals surface area (Å²) >= 11 is 1.68. The Balaban J connectivity index is 1.64. The summed E-state index contributed by atoms with van der Waals surface area (Å²) in [7, 11) is 0. The van der Waals surface area contributed by atoms with Crippen molar-refractivity contribution in [2.24, 2.45) is 0 Å². The number of hydrogen-bond donors (Lipinski definition) is 0. The molecule has 4 rings (SSSR count). The normalized spacial score (nSPS) is 13.3. The first-order valence-corrected chi connectivity index (χ1v) is 8.55. The molecule has 5 nitrogen and oxygen atoms in total. The zero-order chi connectivity index (χ0) is 15.6. The van der Waals surface area contributed by atoms with Gasteiger partial charge in [0.1, 0.15) is 25.4 Å². The van der Waals surface area contributed by atoms with Crippen molar-refractivity contribution in [1.82, 2.24) is 9.97 Å². The van der Waals surface area contributed by atoms with Gasteiger partial charge in [0, 0.05) is 13.1 Å². The molecule has 1 aliphatic heterocycles. The molecule has 0 atom stereocenters. The molecular formula is C17H17N3O2S. The second-order valence-corrected chi connectivity index (χ2v) is 6.24. The molecule has 0 aliphatic carbocycles. The van der Waals surface area contributed by atoms with Crippen LogP contribution in [-0.2, 0) is 6.54 Å². The number of anilines is 1. The van der Waals surface area contributed by atoms with Gasteiger partial charge in [-0.2, -0.15) is 0 Å². The minimum atomic E-state index is 0.607. The third kappa shape index (κ3) is 2.70. The number of ether oxygens (including phenoxy) is 2. The second kappa shape index (κ2) is 6.04. The smallest absolute Gasteiger partial charge is 0.161 e. The Bertz CT molecular complexity index is 834. The summed E-state index contributed by atoms with van der Waals surface area (Å²) in [5, 5.41) is 2.06. The van der Waals surface area contributed by atoms with Crippen LogP contribution in [0.4, 0.5) is 5.82 Å². The Kier molecular flexibility index (Phi) is 3.75. The van der Waals surface area contributed by atoms with Gasteiger partial charge in [-0.3, -0.25) is 0 Å². The summed E-state index contributed by atoms with van der Waals surface area (Å²) < 4.78 is 12.4. The van der Waals surface area contributed by atoms with Crippen LogP contribution < -0.4 is 14.4 Å². The molecule has 3 aromatic rings. The van der Waals surface area contributed by atoms with Crippen molar-refractivity contribution in [1.29, 1.82) is 0 Å². The highest BCUT2D eigenvalue weighted by Gasteiger charge is 2.15. The van der Waals surface area contributed by atoms with Crippen LogP contribution in [0.3, 0.4) is 0 Å². The summed E-state index contributed by atoms with van der Waals surface area (Å²) in [6.07, 6.45) is 1.64. The summed E-state index contributed by atoms with van der Waals surface area (Å²) in [6, 6.07) is 8.16. The molecule has 0 unspecified atom stereocenters. The molecule has 0 N–H and O–H groups in total. The van der Waals surface area contributed by atoms with E-state index in [-0.39, 0.29) is 0 Å². The number of hydrogen-bond acceptors (Lipinski definition) is 6. The molecule has 0 amide bonds. The lowest BCUT2D eigenvalue weighted by atomic mass is 10.1. The molecule has 2 aromatic heterocycles. The third-order valence-electron chi connectivity index (χ3n) is 3.89. The van der Waals surface area contributed by atoms with Crippen LogP contribution in [0.5, 0.6) is 11.5 Å². The Morgan fingerprint density at radius 3 is 2.87 bits per heavy atom. The minimum Gasteiger partial charge on any atom is -0.486 e. The van der Waals surface area contributed by atoms with Crippen LogP contribution in [0, 0.1) is 0 Å². The van der Waals surface area contributed by atoms with E-state index in [1.165, 1.54) is 5.56 Å². The quantitative estimate of drug-likeness (QED) is 0.734. The molecule has 0 saturated heterocycles. The maximum Gasteiger partial charge on any atom is 0.161 e. The van der Waals surface area contributed by atoms with E-state index in [9.17, 15) is 0 Å². The Labute approximate surface area is 138 Å². The van der Waals surface area contributed by atoms with Crippen molar-refractivity contribution in [2.45, 2.75) is 13.5 Å². The molecule has 0 saturated carbocycles. The van der Waals surface area contributed by atoms with Gasteiger partial charge in [-0.15, -0.1) is 11.3 Å². The molecule has 0 radical (unpaired) electrons. The first-order chi connectivity index (χ1) is 11.3. The maximum atomic E-state index is 5.68. The predicted octanol–water partition coefficient (Wildman–Crippen LogP) is 3.49. The monoisotopic (exact) mass is 327 g/mol. The van der Waals surface area contributed by atoms with Crippen molar-refractivity contribution in [3.63, 3.8) is 0 Å². The van der Waals surface area contributed by atoms with Crippen LogP contribution in [-0.4, -0.2) is 29.7 Å². The van der Waals surface area contributed by atoms with Gasteiger partial charge in [0.15, 0.2) is 11.5 Å². The van der Waals surface area contributed by atoms with Crippen molar-refractivity contribution >= 4 is 27.4 Å². The van der Waals surface area contributed by atoms with Gasteiger partial charge in [-0.05, 0) is 36.1 Å². The van der Waals surface area contributed by atoms with Crippen molar-refractivity contribution in [3.8, 4) is 11.5 Å². The fraction of sp³-hybridized carbons (Fsp3) is 0.294. The number of thiophene rings is 1. The standard InChI is InChI=1S/C17H17N3O2S/c1-2-20(17-16-13(5-8-23-16)18-11-19-17)10-12-3-4-14-15(9-12)22-7-6-21-14/h3-5,8-9,11H,2,6-7,10H2,1H3. The van der Waals surface area contributed by atoms with E-state index in [4.69, 9.17) is 9.47 Å². The van der Waals surface area contributed by atoms with Crippen molar-refractivity contribution < 1.29 is 9.47 Å². The lowest BCUT2D eigenvalue weighted by molar-refractivity contribution is 0.171. The molecule has 0 spiro atoms. The van der Waals surface area contributed by atoms with Gasteiger partial charge in [0.25, 0.3) is 0 Å². The van der Waals surface area contributed by atoms with Crippen LogP contribution in [0.15, 0.2) is 36.0 Å². The molecule has 0 fully saturated rings. The topological polar surface area (TPSA) is 47.5 Å². The number of benzene rings is 1. The highest BCUT2D eigenvalue weighted by Crippen LogP contribution is 2.33. The van der Waals surface area contributed by atoms with Gasteiger partial charge in [-0.1, -0.05) is 6.07 Å². The molecule has 3 heterocycles. The van der Waals surface area contributed by atoms with E-state index in [2.05, 4.69) is 39.3 Å². The van der Waals surface area contributed by atoms with Crippen molar-refractivity contribution in [3.05, 3.63) is 41.5 Å². The number of rotatable bonds is 4. The second-order valence-electron chi connectivity index (χ2n) is 5.32. The minimum absolute atomic E-state index is 0.607. The SMILES string of the molecule is CCN(Cc1ccc2c(c1)OCCO2)c1ncnc2ccsc12. The van der Waals surface area contributed by atoms with E-state index >= 15 is 0 Å². The molecule has 6 heteroatoms. The van der Waals surface area contributed by atoms with Crippen LogP contribution >= 0.6 is 11.3 Å². The average Bonchev–Trinajstić information content (AvgIpc) is 3.08. The Hall–Kier alpha value is -2.34. The van der Waals surface area contributed by atoms with Gasteiger partial charge >= 0.3 is 0 Å². The van der Waals surface area contributed by atoms with Crippen LogP contribution in [0.25, 0.3) is 10.2 Å².